The van der Waals surface area contributed by atoms with Crippen molar-refractivity contribution in [2.45, 2.75) is 26.4 Å². The molecule has 0 aromatic heterocycles. The smallest absolute Gasteiger partial charge is 0.242 e. The SMILES string of the molecule is COc1ccc(CN(CC(=O)N2CCc3ccccc3C2)C(C)=O)cc1. The second-order valence-electron chi connectivity index (χ2n) is 6.56. The van der Waals surface area contributed by atoms with Crippen molar-refractivity contribution >= 4 is 11.8 Å². The fourth-order valence-corrected chi connectivity index (χ4v) is 3.20. The third-order valence-electron chi connectivity index (χ3n) is 4.79. The molecule has 1 aliphatic heterocycles. The van der Waals surface area contributed by atoms with E-state index >= 15 is 0 Å². The van der Waals surface area contributed by atoms with Crippen LogP contribution in [0.25, 0.3) is 0 Å². The molecule has 0 spiro atoms. The number of amides is 2. The predicted octanol–water partition coefficient (Wildman–Crippen LogP) is 2.63. The molecule has 0 saturated heterocycles. The summed E-state index contributed by atoms with van der Waals surface area (Å²) < 4.78 is 5.15. The van der Waals surface area contributed by atoms with Crippen LogP contribution in [0.3, 0.4) is 0 Å². The molecule has 0 atom stereocenters. The average molecular weight is 352 g/mol. The highest BCUT2D eigenvalue weighted by atomic mass is 16.5. The first-order valence-corrected chi connectivity index (χ1v) is 8.80. The third kappa shape index (κ3) is 4.23. The molecule has 1 heterocycles. The summed E-state index contributed by atoms with van der Waals surface area (Å²) in [5, 5.41) is 0. The van der Waals surface area contributed by atoms with Crippen molar-refractivity contribution in [3.8, 4) is 5.75 Å². The highest BCUT2D eigenvalue weighted by molar-refractivity contribution is 5.84. The van der Waals surface area contributed by atoms with Gasteiger partial charge in [0.15, 0.2) is 0 Å². The van der Waals surface area contributed by atoms with Gasteiger partial charge >= 0.3 is 0 Å². The Morgan fingerprint density at radius 3 is 2.42 bits per heavy atom. The summed E-state index contributed by atoms with van der Waals surface area (Å²) in [6.07, 6.45) is 0.862. The minimum Gasteiger partial charge on any atom is -0.497 e. The molecule has 5 nitrogen and oxygen atoms in total. The van der Waals surface area contributed by atoms with Crippen molar-refractivity contribution in [3.63, 3.8) is 0 Å². The molecule has 0 N–H and O–H groups in total. The standard InChI is InChI=1S/C21H24N2O3/c1-16(24)23(13-17-7-9-20(26-2)10-8-17)15-21(25)22-12-11-18-5-3-4-6-19(18)14-22/h3-10H,11-15H2,1-2H3. The Bertz CT molecular complexity index is 786. The van der Waals surface area contributed by atoms with Gasteiger partial charge in [-0.3, -0.25) is 9.59 Å². The Morgan fingerprint density at radius 1 is 1.08 bits per heavy atom. The highest BCUT2D eigenvalue weighted by Gasteiger charge is 2.23. The highest BCUT2D eigenvalue weighted by Crippen LogP contribution is 2.19. The minimum atomic E-state index is -0.105. The number of ether oxygens (including phenoxy) is 1. The second-order valence-corrected chi connectivity index (χ2v) is 6.56. The van der Waals surface area contributed by atoms with Crippen molar-refractivity contribution in [2.75, 3.05) is 20.2 Å². The van der Waals surface area contributed by atoms with Crippen molar-refractivity contribution in [2.24, 2.45) is 0 Å². The van der Waals surface area contributed by atoms with Gasteiger partial charge in [0.25, 0.3) is 0 Å². The molecule has 0 bridgehead atoms. The lowest BCUT2D eigenvalue weighted by molar-refractivity contribution is -0.140. The van der Waals surface area contributed by atoms with Gasteiger partial charge in [0.1, 0.15) is 12.3 Å². The van der Waals surface area contributed by atoms with E-state index in [2.05, 4.69) is 12.1 Å². The average Bonchev–Trinajstić information content (AvgIpc) is 2.67. The number of hydrogen-bond acceptors (Lipinski definition) is 3. The summed E-state index contributed by atoms with van der Waals surface area (Å²) in [5.41, 5.74) is 3.47. The van der Waals surface area contributed by atoms with Gasteiger partial charge in [0, 0.05) is 26.6 Å². The van der Waals surface area contributed by atoms with E-state index in [9.17, 15) is 9.59 Å². The Labute approximate surface area is 154 Å². The van der Waals surface area contributed by atoms with Crippen molar-refractivity contribution < 1.29 is 14.3 Å². The Kier molecular flexibility index (Phi) is 5.56. The third-order valence-corrected chi connectivity index (χ3v) is 4.79. The van der Waals surface area contributed by atoms with Gasteiger partial charge in [-0.25, -0.2) is 0 Å². The van der Waals surface area contributed by atoms with Crippen LogP contribution in [0.1, 0.15) is 23.6 Å². The van der Waals surface area contributed by atoms with Crippen molar-refractivity contribution in [1.29, 1.82) is 0 Å². The molecule has 3 rings (SSSR count). The molecule has 0 aliphatic carbocycles. The predicted molar refractivity (Wildman–Crippen MR) is 99.6 cm³/mol. The largest absolute Gasteiger partial charge is 0.497 e. The van der Waals surface area contributed by atoms with Gasteiger partial charge in [-0.2, -0.15) is 0 Å². The van der Waals surface area contributed by atoms with Crippen LogP contribution in [0.15, 0.2) is 48.5 Å². The van der Waals surface area contributed by atoms with E-state index in [-0.39, 0.29) is 18.4 Å². The van der Waals surface area contributed by atoms with E-state index in [1.807, 2.05) is 41.3 Å². The molecule has 0 fully saturated rings. The Hall–Kier alpha value is -2.82. The molecule has 2 amide bonds. The van der Waals surface area contributed by atoms with Crippen LogP contribution in [-0.4, -0.2) is 41.8 Å². The van der Waals surface area contributed by atoms with Crippen molar-refractivity contribution in [1.82, 2.24) is 9.80 Å². The van der Waals surface area contributed by atoms with Crippen LogP contribution >= 0.6 is 0 Å². The zero-order valence-corrected chi connectivity index (χ0v) is 15.3. The topological polar surface area (TPSA) is 49.9 Å². The van der Waals surface area contributed by atoms with Crippen LogP contribution in [0.4, 0.5) is 0 Å². The molecular formula is C21H24N2O3. The van der Waals surface area contributed by atoms with Crippen LogP contribution < -0.4 is 4.74 Å². The number of rotatable bonds is 5. The number of hydrogen-bond donors (Lipinski definition) is 0. The Balaban J connectivity index is 1.64. The summed E-state index contributed by atoms with van der Waals surface area (Å²) >= 11 is 0. The van der Waals surface area contributed by atoms with Crippen molar-refractivity contribution in [3.05, 3.63) is 65.2 Å². The quantitative estimate of drug-likeness (QED) is 0.831. The number of carbonyl (C=O) groups is 2. The summed E-state index contributed by atoms with van der Waals surface area (Å²) in [4.78, 5) is 28.2. The normalized spacial score (nSPS) is 13.1. The zero-order valence-electron chi connectivity index (χ0n) is 15.3. The van der Waals surface area contributed by atoms with E-state index in [0.29, 0.717) is 19.6 Å². The van der Waals surface area contributed by atoms with Gasteiger partial charge in [0.05, 0.1) is 7.11 Å². The van der Waals surface area contributed by atoms with E-state index in [1.54, 1.807) is 12.0 Å². The molecule has 0 saturated carbocycles. The maximum Gasteiger partial charge on any atom is 0.242 e. The summed E-state index contributed by atoms with van der Waals surface area (Å²) in [6, 6.07) is 15.7. The maximum absolute atomic E-state index is 12.7. The summed E-state index contributed by atoms with van der Waals surface area (Å²) in [5.74, 6) is 0.654. The number of fused-ring (bicyclic) bond motifs is 1. The van der Waals surface area contributed by atoms with Crippen LogP contribution in [0.5, 0.6) is 5.75 Å². The lowest BCUT2D eigenvalue weighted by atomic mass is 10.00. The van der Waals surface area contributed by atoms with Crippen LogP contribution in [0.2, 0.25) is 0 Å². The van der Waals surface area contributed by atoms with E-state index in [0.717, 1.165) is 17.7 Å². The molecule has 1 aliphatic rings. The minimum absolute atomic E-state index is 0.0109. The molecule has 2 aromatic carbocycles. The molecule has 0 unspecified atom stereocenters. The monoisotopic (exact) mass is 352 g/mol. The summed E-state index contributed by atoms with van der Waals surface area (Å²) in [7, 11) is 1.62. The lowest BCUT2D eigenvalue weighted by Gasteiger charge is -2.31. The molecule has 2 aromatic rings. The van der Waals surface area contributed by atoms with Gasteiger partial charge < -0.3 is 14.5 Å². The van der Waals surface area contributed by atoms with E-state index in [4.69, 9.17) is 4.74 Å². The fraction of sp³-hybridized carbons (Fsp3) is 0.333. The number of methoxy groups -OCH3 is 1. The molecule has 26 heavy (non-hydrogen) atoms. The number of nitrogens with zero attached hydrogens (tertiary/aromatic N) is 2. The number of benzene rings is 2. The summed E-state index contributed by atoms with van der Waals surface area (Å²) in [6.45, 7) is 3.33. The first-order valence-electron chi connectivity index (χ1n) is 8.80. The van der Waals surface area contributed by atoms with E-state index < -0.39 is 0 Å². The molecule has 136 valence electrons. The lowest BCUT2D eigenvalue weighted by Crippen LogP contribution is -2.43. The Morgan fingerprint density at radius 2 is 1.77 bits per heavy atom. The van der Waals surface area contributed by atoms with Crippen LogP contribution in [0, 0.1) is 0 Å². The molecule has 5 heteroatoms. The van der Waals surface area contributed by atoms with Gasteiger partial charge in [-0.15, -0.1) is 0 Å². The first-order chi connectivity index (χ1) is 12.6. The van der Waals surface area contributed by atoms with Gasteiger partial charge in [-0.1, -0.05) is 36.4 Å². The van der Waals surface area contributed by atoms with E-state index in [1.165, 1.54) is 18.1 Å². The fourth-order valence-electron chi connectivity index (χ4n) is 3.20. The van der Waals surface area contributed by atoms with Crippen LogP contribution in [-0.2, 0) is 29.1 Å². The molecule has 0 radical (unpaired) electrons. The van der Waals surface area contributed by atoms with Gasteiger partial charge in [-0.05, 0) is 35.2 Å². The molecular weight excluding hydrogens is 328 g/mol. The first kappa shape index (κ1) is 18.0. The zero-order chi connectivity index (χ0) is 18.5. The maximum atomic E-state index is 12.7. The van der Waals surface area contributed by atoms with Gasteiger partial charge in [0.2, 0.25) is 11.8 Å². The number of carbonyl (C=O) groups excluding carboxylic acids is 2. The second kappa shape index (κ2) is 8.04.